The standard InChI is InChI=1S/C23H27BrN2O2/c24-21-8-9-22-20(15-21)7-4-12-26(22)16-18-10-13-25(14-11-18)23(27)28-17-19-5-2-1-3-6-19/h1-3,5-6,8-9,15,18H,4,7,10-14,16-17H2. The highest BCUT2D eigenvalue weighted by molar-refractivity contribution is 9.10. The Balaban J connectivity index is 1.26. The number of aryl methyl sites for hydroxylation is 1. The normalized spacial score (nSPS) is 17.3. The predicted octanol–water partition coefficient (Wildman–Crippen LogP) is 5.25. The van der Waals surface area contributed by atoms with Crippen LogP contribution in [0.25, 0.3) is 0 Å². The molecule has 2 aliphatic rings. The number of halogens is 1. The molecule has 2 heterocycles. The summed E-state index contributed by atoms with van der Waals surface area (Å²) < 4.78 is 6.64. The van der Waals surface area contributed by atoms with Gasteiger partial charge in [0.05, 0.1) is 0 Å². The first kappa shape index (κ1) is 19.3. The second-order valence-electron chi connectivity index (χ2n) is 7.79. The quantitative estimate of drug-likeness (QED) is 0.647. The average molecular weight is 443 g/mol. The number of carbonyl (C=O) groups is 1. The number of rotatable bonds is 4. The zero-order valence-electron chi connectivity index (χ0n) is 16.1. The lowest BCUT2D eigenvalue weighted by molar-refractivity contribution is 0.0827. The van der Waals surface area contributed by atoms with Crippen molar-refractivity contribution in [3.8, 4) is 0 Å². The van der Waals surface area contributed by atoms with Crippen LogP contribution in [0.4, 0.5) is 10.5 Å². The van der Waals surface area contributed by atoms with E-state index in [-0.39, 0.29) is 6.09 Å². The maximum atomic E-state index is 12.4. The number of piperidine rings is 1. The van der Waals surface area contributed by atoms with Gasteiger partial charge in [0.15, 0.2) is 0 Å². The molecule has 1 saturated heterocycles. The minimum atomic E-state index is -0.185. The third-order valence-electron chi connectivity index (χ3n) is 5.81. The Morgan fingerprint density at radius 3 is 2.64 bits per heavy atom. The van der Waals surface area contributed by atoms with Crippen molar-refractivity contribution in [2.75, 3.05) is 31.1 Å². The number of anilines is 1. The molecule has 148 valence electrons. The maximum absolute atomic E-state index is 12.4. The summed E-state index contributed by atoms with van der Waals surface area (Å²) in [6, 6.07) is 16.5. The van der Waals surface area contributed by atoms with E-state index in [1.807, 2.05) is 35.2 Å². The molecular weight excluding hydrogens is 416 g/mol. The maximum Gasteiger partial charge on any atom is 0.410 e. The van der Waals surface area contributed by atoms with E-state index in [4.69, 9.17) is 4.74 Å². The van der Waals surface area contributed by atoms with Crippen molar-refractivity contribution >= 4 is 27.7 Å². The van der Waals surface area contributed by atoms with Gasteiger partial charge in [-0.05, 0) is 60.9 Å². The van der Waals surface area contributed by atoms with Crippen LogP contribution in [-0.4, -0.2) is 37.2 Å². The minimum Gasteiger partial charge on any atom is -0.445 e. The highest BCUT2D eigenvalue weighted by Crippen LogP contribution is 2.31. The van der Waals surface area contributed by atoms with E-state index < -0.39 is 0 Å². The molecule has 0 radical (unpaired) electrons. The molecule has 2 aromatic carbocycles. The number of amides is 1. The third-order valence-corrected chi connectivity index (χ3v) is 6.31. The summed E-state index contributed by atoms with van der Waals surface area (Å²) in [5.41, 5.74) is 3.86. The van der Waals surface area contributed by atoms with Crippen LogP contribution in [-0.2, 0) is 17.8 Å². The van der Waals surface area contributed by atoms with Gasteiger partial charge in [-0.25, -0.2) is 4.79 Å². The van der Waals surface area contributed by atoms with Crippen LogP contribution in [0.3, 0.4) is 0 Å². The fourth-order valence-corrected chi connectivity index (χ4v) is 4.66. The summed E-state index contributed by atoms with van der Waals surface area (Å²) in [4.78, 5) is 16.8. The predicted molar refractivity (Wildman–Crippen MR) is 116 cm³/mol. The summed E-state index contributed by atoms with van der Waals surface area (Å²) in [6.07, 6.45) is 4.28. The summed E-state index contributed by atoms with van der Waals surface area (Å²) >= 11 is 3.59. The fraction of sp³-hybridized carbons (Fsp3) is 0.435. The van der Waals surface area contributed by atoms with E-state index in [0.29, 0.717) is 12.5 Å². The van der Waals surface area contributed by atoms with Gasteiger partial charge in [-0.2, -0.15) is 0 Å². The SMILES string of the molecule is O=C(OCc1ccccc1)N1CCC(CN2CCCc3cc(Br)ccc32)CC1. The van der Waals surface area contributed by atoms with Crippen molar-refractivity contribution in [2.45, 2.75) is 32.3 Å². The first-order valence-electron chi connectivity index (χ1n) is 10.2. The summed E-state index contributed by atoms with van der Waals surface area (Å²) in [5, 5.41) is 0. The Morgan fingerprint density at radius 1 is 1.07 bits per heavy atom. The van der Waals surface area contributed by atoms with Gasteiger partial charge in [0.2, 0.25) is 0 Å². The van der Waals surface area contributed by atoms with Crippen LogP contribution in [0.5, 0.6) is 0 Å². The Morgan fingerprint density at radius 2 is 1.86 bits per heavy atom. The lowest BCUT2D eigenvalue weighted by atomic mass is 9.94. The molecule has 0 aliphatic carbocycles. The molecule has 2 aliphatic heterocycles. The van der Waals surface area contributed by atoms with E-state index in [2.05, 4.69) is 39.0 Å². The van der Waals surface area contributed by atoms with Gasteiger partial charge in [0.25, 0.3) is 0 Å². The Labute approximate surface area is 175 Å². The molecule has 2 aromatic rings. The van der Waals surface area contributed by atoms with Crippen LogP contribution in [0.1, 0.15) is 30.4 Å². The number of fused-ring (bicyclic) bond motifs is 1. The van der Waals surface area contributed by atoms with Crippen molar-refractivity contribution in [2.24, 2.45) is 5.92 Å². The molecule has 4 nitrogen and oxygen atoms in total. The van der Waals surface area contributed by atoms with Crippen molar-refractivity contribution in [3.63, 3.8) is 0 Å². The van der Waals surface area contributed by atoms with Crippen LogP contribution < -0.4 is 4.90 Å². The first-order valence-corrected chi connectivity index (χ1v) is 11.0. The number of benzene rings is 2. The minimum absolute atomic E-state index is 0.185. The van der Waals surface area contributed by atoms with Gasteiger partial charge >= 0.3 is 6.09 Å². The smallest absolute Gasteiger partial charge is 0.410 e. The second kappa shape index (κ2) is 8.99. The van der Waals surface area contributed by atoms with Crippen LogP contribution in [0, 0.1) is 5.92 Å². The van der Waals surface area contributed by atoms with E-state index in [1.165, 1.54) is 17.7 Å². The summed E-state index contributed by atoms with van der Waals surface area (Å²) in [5.74, 6) is 0.632. The molecule has 1 amide bonds. The average Bonchev–Trinajstić information content (AvgIpc) is 2.73. The monoisotopic (exact) mass is 442 g/mol. The fourth-order valence-electron chi connectivity index (χ4n) is 4.25. The van der Waals surface area contributed by atoms with Crippen molar-refractivity contribution in [1.29, 1.82) is 0 Å². The van der Waals surface area contributed by atoms with Gasteiger partial charge in [-0.3, -0.25) is 0 Å². The zero-order chi connectivity index (χ0) is 19.3. The number of carbonyl (C=O) groups excluding carboxylic acids is 1. The molecule has 0 unspecified atom stereocenters. The third kappa shape index (κ3) is 4.69. The van der Waals surface area contributed by atoms with E-state index in [0.717, 1.165) is 55.5 Å². The van der Waals surface area contributed by atoms with Gasteiger partial charge < -0.3 is 14.5 Å². The van der Waals surface area contributed by atoms with E-state index in [1.54, 1.807) is 0 Å². The molecule has 0 N–H and O–H groups in total. The van der Waals surface area contributed by atoms with Crippen molar-refractivity contribution < 1.29 is 9.53 Å². The number of nitrogens with zero attached hydrogens (tertiary/aromatic N) is 2. The molecule has 0 bridgehead atoms. The van der Waals surface area contributed by atoms with Gasteiger partial charge in [0.1, 0.15) is 6.61 Å². The van der Waals surface area contributed by atoms with Crippen LogP contribution >= 0.6 is 15.9 Å². The number of hydrogen-bond acceptors (Lipinski definition) is 3. The molecule has 28 heavy (non-hydrogen) atoms. The molecule has 0 saturated carbocycles. The van der Waals surface area contributed by atoms with Gasteiger partial charge in [-0.1, -0.05) is 46.3 Å². The highest BCUT2D eigenvalue weighted by Gasteiger charge is 2.26. The highest BCUT2D eigenvalue weighted by atomic mass is 79.9. The van der Waals surface area contributed by atoms with E-state index >= 15 is 0 Å². The Bertz CT molecular complexity index is 804. The zero-order valence-corrected chi connectivity index (χ0v) is 17.7. The number of hydrogen-bond donors (Lipinski definition) is 0. The van der Waals surface area contributed by atoms with Crippen LogP contribution in [0.15, 0.2) is 53.0 Å². The number of likely N-dealkylation sites (tertiary alicyclic amines) is 1. The molecule has 0 aromatic heterocycles. The second-order valence-corrected chi connectivity index (χ2v) is 8.71. The molecule has 0 atom stereocenters. The van der Waals surface area contributed by atoms with Crippen molar-refractivity contribution in [1.82, 2.24) is 4.90 Å². The Kier molecular flexibility index (Phi) is 6.20. The molecule has 0 spiro atoms. The van der Waals surface area contributed by atoms with Crippen molar-refractivity contribution in [3.05, 3.63) is 64.1 Å². The van der Waals surface area contributed by atoms with Gasteiger partial charge in [0, 0.05) is 36.3 Å². The first-order chi connectivity index (χ1) is 13.7. The molecular formula is C23H27BrN2O2. The lowest BCUT2D eigenvalue weighted by Gasteiger charge is -2.37. The summed E-state index contributed by atoms with van der Waals surface area (Å²) in [6.45, 7) is 4.15. The molecule has 5 heteroatoms. The van der Waals surface area contributed by atoms with Gasteiger partial charge in [-0.15, -0.1) is 0 Å². The summed E-state index contributed by atoms with van der Waals surface area (Å²) in [7, 11) is 0. The lowest BCUT2D eigenvalue weighted by Crippen LogP contribution is -2.42. The molecule has 1 fully saturated rings. The number of ether oxygens (including phenoxy) is 1. The largest absolute Gasteiger partial charge is 0.445 e. The topological polar surface area (TPSA) is 32.8 Å². The Hall–Kier alpha value is -2.01. The van der Waals surface area contributed by atoms with E-state index in [9.17, 15) is 4.79 Å². The van der Waals surface area contributed by atoms with Crippen LogP contribution in [0.2, 0.25) is 0 Å². The molecule has 4 rings (SSSR count).